The molecule has 1 saturated heterocycles. The van der Waals surface area contributed by atoms with Crippen LogP contribution in [0.3, 0.4) is 0 Å². The Hall–Kier alpha value is -3.02. The number of carbonyl (C=O) groups is 6. The van der Waals surface area contributed by atoms with E-state index in [-0.39, 0.29) is 30.6 Å². The van der Waals surface area contributed by atoms with E-state index in [2.05, 4.69) is 16.0 Å². The van der Waals surface area contributed by atoms with Gasteiger partial charge in [-0.25, -0.2) is 4.79 Å². The van der Waals surface area contributed by atoms with Gasteiger partial charge in [-0.3, -0.25) is 24.0 Å². The predicted octanol–water partition coefficient (Wildman–Crippen LogP) is 0.181. The molecule has 0 bridgehead atoms. The highest BCUT2D eigenvalue weighted by Gasteiger charge is 2.39. The number of carbonyl (C=O) groups excluding carboxylic acids is 5. The number of nitrogens with one attached hydrogen (secondary N) is 3. The number of ketones is 1. The molecule has 38 heavy (non-hydrogen) atoms. The molecule has 1 rings (SSSR count). The average molecular weight is 540 g/mol. The van der Waals surface area contributed by atoms with Crippen molar-refractivity contribution in [3.63, 3.8) is 0 Å². The van der Waals surface area contributed by atoms with Crippen molar-refractivity contribution in [2.45, 2.75) is 104 Å². The summed E-state index contributed by atoms with van der Waals surface area (Å²) in [5, 5.41) is 16.8. The maximum atomic E-state index is 13.0. The normalized spacial score (nSPS) is 18.6. The van der Waals surface area contributed by atoms with Crippen LogP contribution in [0, 0.1) is 17.8 Å². The molecule has 1 unspecified atom stereocenters. The van der Waals surface area contributed by atoms with Crippen LogP contribution >= 0.6 is 0 Å². The summed E-state index contributed by atoms with van der Waals surface area (Å²) in [7, 11) is 0. The summed E-state index contributed by atoms with van der Waals surface area (Å²) in [6, 6.07) is -5.00. The van der Waals surface area contributed by atoms with Crippen LogP contribution in [-0.2, 0) is 28.8 Å². The van der Waals surface area contributed by atoms with Gasteiger partial charge in [0.2, 0.25) is 23.5 Å². The van der Waals surface area contributed by atoms with Gasteiger partial charge in [0.05, 0.1) is 12.1 Å². The van der Waals surface area contributed by atoms with E-state index in [1.165, 1.54) is 4.90 Å². The van der Waals surface area contributed by atoms with Crippen molar-refractivity contribution in [3.05, 3.63) is 0 Å². The Labute approximate surface area is 224 Å². The maximum absolute atomic E-state index is 13.0. The number of hydrogen-bond donors (Lipinski definition) is 5. The number of hydrogen-bond acceptors (Lipinski definition) is 7. The third-order valence-corrected chi connectivity index (χ3v) is 6.67. The zero-order valence-electron chi connectivity index (χ0n) is 23.6. The van der Waals surface area contributed by atoms with Gasteiger partial charge < -0.3 is 31.7 Å². The zero-order valence-corrected chi connectivity index (χ0v) is 23.6. The van der Waals surface area contributed by atoms with Crippen LogP contribution in [-0.4, -0.2) is 82.1 Å². The fraction of sp³-hybridized carbons (Fsp3) is 0.769. The molecule has 4 amide bonds. The molecule has 5 atom stereocenters. The lowest BCUT2D eigenvalue weighted by Crippen LogP contribution is -2.58. The first-order valence-electron chi connectivity index (χ1n) is 13.4. The molecule has 1 fully saturated rings. The molecule has 12 nitrogen and oxygen atoms in total. The minimum Gasteiger partial charge on any atom is -0.480 e. The van der Waals surface area contributed by atoms with E-state index in [1.807, 2.05) is 27.7 Å². The third kappa shape index (κ3) is 9.07. The van der Waals surface area contributed by atoms with Crippen molar-refractivity contribution in [2.24, 2.45) is 23.5 Å². The molecule has 216 valence electrons. The lowest BCUT2D eigenvalue weighted by molar-refractivity contribution is -0.145. The molecule has 12 heteroatoms. The Kier molecular flexibility index (Phi) is 12.9. The first-order chi connectivity index (χ1) is 17.6. The number of carboxylic acids is 1. The quantitative estimate of drug-likeness (QED) is 0.193. The van der Waals surface area contributed by atoms with Gasteiger partial charge in [-0.05, 0) is 43.4 Å². The number of nitrogens with two attached hydrogens (primary N) is 1. The van der Waals surface area contributed by atoms with Gasteiger partial charge in [-0.1, -0.05) is 48.5 Å². The Balaban J connectivity index is 2.95. The fourth-order valence-electron chi connectivity index (χ4n) is 4.26. The third-order valence-electron chi connectivity index (χ3n) is 6.67. The van der Waals surface area contributed by atoms with Crippen molar-refractivity contribution in [3.8, 4) is 0 Å². The maximum Gasteiger partial charge on any atom is 0.326 e. The molecule has 0 aromatic heterocycles. The standard InChI is InChI=1S/C26H45N5O7/c1-8-16(28-23(34)18-10-9-11-31(18)25(36)19(27)14(4)5)21(32)24(35)29-17(12-13(2)3)22(33)30-20(15(6)7)26(37)38/h13-20H,8-12,27H2,1-7H3,(H,28,34)(H,29,35)(H,30,33)(H,37,38)/t16?,17-,18+,19+,20+/m1/s1. The van der Waals surface area contributed by atoms with Gasteiger partial charge in [-0.15, -0.1) is 0 Å². The minimum absolute atomic E-state index is 0.0479. The second kappa shape index (κ2) is 14.8. The van der Waals surface area contributed by atoms with Gasteiger partial charge in [0.1, 0.15) is 18.1 Å². The number of Topliss-reactive ketones (excluding diaryl/α,β-unsaturated/α-hetero) is 1. The molecule has 0 radical (unpaired) electrons. The van der Waals surface area contributed by atoms with Crippen LogP contribution in [0.15, 0.2) is 0 Å². The van der Waals surface area contributed by atoms with Gasteiger partial charge in [0.25, 0.3) is 5.91 Å². The molecule has 6 N–H and O–H groups in total. The Morgan fingerprint density at radius 3 is 2.00 bits per heavy atom. The Morgan fingerprint density at radius 1 is 0.921 bits per heavy atom. The first kappa shape index (κ1) is 33.0. The zero-order chi connectivity index (χ0) is 29.3. The van der Waals surface area contributed by atoms with E-state index in [9.17, 15) is 33.9 Å². The van der Waals surface area contributed by atoms with E-state index in [1.54, 1.807) is 20.8 Å². The highest BCUT2D eigenvalue weighted by atomic mass is 16.4. The number of likely N-dealkylation sites (tertiary alicyclic amines) is 1. The summed E-state index contributed by atoms with van der Waals surface area (Å²) in [6.45, 7) is 12.6. The molecular weight excluding hydrogens is 494 g/mol. The van der Waals surface area contributed by atoms with Crippen molar-refractivity contribution in [2.75, 3.05) is 6.54 Å². The largest absolute Gasteiger partial charge is 0.480 e. The van der Waals surface area contributed by atoms with Crippen LogP contribution in [0.2, 0.25) is 0 Å². The summed E-state index contributed by atoms with van der Waals surface area (Å²) >= 11 is 0. The molecular formula is C26H45N5O7. The summed E-state index contributed by atoms with van der Waals surface area (Å²) in [4.78, 5) is 77.3. The highest BCUT2D eigenvalue weighted by Crippen LogP contribution is 2.20. The molecule has 0 aromatic carbocycles. The summed E-state index contributed by atoms with van der Waals surface area (Å²) in [5.74, 6) is -5.34. The lowest BCUT2D eigenvalue weighted by Gasteiger charge is -2.29. The molecule has 1 aliphatic rings. The van der Waals surface area contributed by atoms with Crippen LogP contribution in [0.5, 0.6) is 0 Å². The number of aliphatic carboxylic acids is 1. The fourth-order valence-corrected chi connectivity index (χ4v) is 4.26. The minimum atomic E-state index is -1.21. The van der Waals surface area contributed by atoms with E-state index < -0.39 is 65.6 Å². The highest BCUT2D eigenvalue weighted by molar-refractivity contribution is 6.38. The second-order valence-corrected chi connectivity index (χ2v) is 11.0. The van der Waals surface area contributed by atoms with Crippen molar-refractivity contribution >= 4 is 35.4 Å². The summed E-state index contributed by atoms with van der Waals surface area (Å²) < 4.78 is 0. The second-order valence-electron chi connectivity index (χ2n) is 11.0. The van der Waals surface area contributed by atoms with E-state index in [0.29, 0.717) is 19.4 Å². The average Bonchev–Trinajstić information content (AvgIpc) is 3.33. The lowest BCUT2D eigenvalue weighted by atomic mass is 10.00. The first-order valence-corrected chi connectivity index (χ1v) is 13.4. The van der Waals surface area contributed by atoms with Crippen molar-refractivity contribution in [1.29, 1.82) is 0 Å². The van der Waals surface area contributed by atoms with E-state index in [0.717, 1.165) is 0 Å². The van der Waals surface area contributed by atoms with E-state index >= 15 is 0 Å². The molecule has 0 aliphatic carbocycles. The predicted molar refractivity (Wildman–Crippen MR) is 141 cm³/mol. The molecule has 0 aromatic rings. The van der Waals surface area contributed by atoms with Gasteiger partial charge >= 0.3 is 5.97 Å². The molecule has 1 aliphatic heterocycles. The smallest absolute Gasteiger partial charge is 0.326 e. The topological polar surface area (TPSA) is 188 Å². The van der Waals surface area contributed by atoms with E-state index in [4.69, 9.17) is 5.73 Å². The number of rotatable bonds is 14. The van der Waals surface area contributed by atoms with Crippen molar-refractivity contribution in [1.82, 2.24) is 20.9 Å². The van der Waals surface area contributed by atoms with Crippen LogP contribution in [0.4, 0.5) is 0 Å². The monoisotopic (exact) mass is 539 g/mol. The number of amides is 4. The molecule has 0 spiro atoms. The number of nitrogens with zero attached hydrogens (tertiary/aromatic N) is 1. The number of carboxylic acid groups (broad SMARTS) is 1. The molecule has 0 saturated carbocycles. The van der Waals surface area contributed by atoms with Gasteiger partial charge in [-0.2, -0.15) is 0 Å². The Bertz CT molecular complexity index is 889. The van der Waals surface area contributed by atoms with Gasteiger partial charge in [0.15, 0.2) is 0 Å². The van der Waals surface area contributed by atoms with Crippen LogP contribution in [0.1, 0.15) is 74.1 Å². The molecule has 1 heterocycles. The van der Waals surface area contributed by atoms with Gasteiger partial charge in [0, 0.05) is 6.54 Å². The van der Waals surface area contributed by atoms with Crippen LogP contribution in [0.25, 0.3) is 0 Å². The van der Waals surface area contributed by atoms with Crippen LogP contribution < -0.4 is 21.7 Å². The SMILES string of the molecule is CCC(NC(=O)[C@@H]1CCCN1C(=O)[C@@H](N)C(C)C)C(=O)C(=O)N[C@H](CC(C)C)C(=O)N[C@H](C(=O)O)C(C)C. The Morgan fingerprint density at radius 2 is 1.53 bits per heavy atom. The summed E-state index contributed by atoms with van der Waals surface area (Å²) in [5.41, 5.74) is 5.99. The summed E-state index contributed by atoms with van der Waals surface area (Å²) in [6.07, 6.45) is 1.31. The van der Waals surface area contributed by atoms with Crippen molar-refractivity contribution < 1.29 is 33.9 Å².